The molecule has 2 rings (SSSR count). The van der Waals surface area contributed by atoms with Crippen LogP contribution < -0.4 is 10.5 Å². The highest BCUT2D eigenvalue weighted by Crippen LogP contribution is 2.27. The van der Waals surface area contributed by atoms with E-state index in [1.807, 2.05) is 50.2 Å². The molecule has 0 saturated carbocycles. The Morgan fingerprint density at radius 2 is 1.94 bits per heavy atom. The van der Waals surface area contributed by atoms with E-state index in [2.05, 4.69) is 0 Å². The van der Waals surface area contributed by atoms with Crippen molar-refractivity contribution in [3.63, 3.8) is 0 Å². The number of hydrogen-bond donors (Lipinski definition) is 1. The molecule has 0 aromatic heterocycles. The van der Waals surface area contributed by atoms with Crippen molar-refractivity contribution in [3.05, 3.63) is 58.1 Å². The van der Waals surface area contributed by atoms with Crippen molar-refractivity contribution in [1.29, 1.82) is 0 Å². The molecule has 3 heteroatoms. The summed E-state index contributed by atoms with van der Waals surface area (Å²) in [5, 5.41) is 0.627. The predicted molar refractivity (Wildman–Crippen MR) is 76.1 cm³/mol. The van der Waals surface area contributed by atoms with Crippen LogP contribution >= 0.6 is 11.6 Å². The Kier molecular flexibility index (Phi) is 3.78. The molecule has 0 unspecified atom stereocenters. The van der Waals surface area contributed by atoms with Crippen LogP contribution in [0.15, 0.2) is 36.4 Å². The fourth-order valence-corrected chi connectivity index (χ4v) is 1.91. The van der Waals surface area contributed by atoms with Crippen molar-refractivity contribution in [1.82, 2.24) is 0 Å². The summed E-state index contributed by atoms with van der Waals surface area (Å²) >= 11 is 6.08. The lowest BCUT2D eigenvalue weighted by atomic mass is 10.1. The maximum atomic E-state index is 6.08. The predicted octanol–water partition coefficient (Wildman–Crippen LogP) is 4.12. The minimum Gasteiger partial charge on any atom is -0.487 e. The molecule has 0 bridgehead atoms. The summed E-state index contributed by atoms with van der Waals surface area (Å²) in [6, 6.07) is 11.6. The largest absolute Gasteiger partial charge is 0.487 e. The quantitative estimate of drug-likeness (QED) is 0.844. The Balaban J connectivity index is 2.16. The molecule has 0 aliphatic heterocycles. The average Bonchev–Trinajstić information content (AvgIpc) is 2.35. The number of nitrogen functional groups attached to an aromatic ring is 1. The summed E-state index contributed by atoms with van der Waals surface area (Å²) in [6.07, 6.45) is 0. The molecule has 0 amide bonds. The molecule has 18 heavy (non-hydrogen) atoms. The second-order valence-electron chi connectivity index (χ2n) is 4.35. The van der Waals surface area contributed by atoms with Crippen molar-refractivity contribution >= 4 is 17.3 Å². The highest BCUT2D eigenvalue weighted by Gasteiger charge is 2.05. The van der Waals surface area contributed by atoms with Crippen LogP contribution in [0.2, 0.25) is 5.02 Å². The van der Waals surface area contributed by atoms with Crippen molar-refractivity contribution in [2.24, 2.45) is 0 Å². The van der Waals surface area contributed by atoms with Gasteiger partial charge in [-0.2, -0.15) is 0 Å². The second kappa shape index (κ2) is 5.32. The summed E-state index contributed by atoms with van der Waals surface area (Å²) in [4.78, 5) is 0. The van der Waals surface area contributed by atoms with E-state index in [1.165, 1.54) is 0 Å². The van der Waals surface area contributed by atoms with Gasteiger partial charge in [-0.1, -0.05) is 29.8 Å². The van der Waals surface area contributed by atoms with Gasteiger partial charge in [0.25, 0.3) is 0 Å². The number of rotatable bonds is 3. The van der Waals surface area contributed by atoms with Crippen LogP contribution in [0.5, 0.6) is 5.75 Å². The van der Waals surface area contributed by atoms with Gasteiger partial charge in [0.1, 0.15) is 12.4 Å². The molecule has 0 spiro atoms. The van der Waals surface area contributed by atoms with Gasteiger partial charge in [0.2, 0.25) is 0 Å². The van der Waals surface area contributed by atoms with Crippen LogP contribution in [-0.2, 0) is 6.61 Å². The van der Waals surface area contributed by atoms with Gasteiger partial charge >= 0.3 is 0 Å². The summed E-state index contributed by atoms with van der Waals surface area (Å²) in [5.74, 6) is 0.707. The number of ether oxygens (including phenoxy) is 1. The maximum Gasteiger partial charge on any atom is 0.138 e. The molecule has 0 radical (unpaired) electrons. The van der Waals surface area contributed by atoms with Gasteiger partial charge in [0.15, 0.2) is 0 Å². The minimum absolute atomic E-state index is 0.472. The normalized spacial score (nSPS) is 10.4. The maximum absolute atomic E-state index is 6.08. The fraction of sp³-hybridized carbons (Fsp3) is 0.200. The Hall–Kier alpha value is -1.67. The molecule has 2 nitrogen and oxygen atoms in total. The van der Waals surface area contributed by atoms with E-state index in [0.717, 1.165) is 22.4 Å². The highest BCUT2D eigenvalue weighted by atomic mass is 35.5. The highest BCUT2D eigenvalue weighted by molar-refractivity contribution is 6.32. The molecule has 0 aliphatic carbocycles. The molecule has 2 N–H and O–H groups in total. The average molecular weight is 262 g/mol. The number of aryl methyl sites for hydroxylation is 1. The zero-order valence-corrected chi connectivity index (χ0v) is 11.3. The molecule has 0 fully saturated rings. The molecular formula is C15H16ClNO. The third kappa shape index (κ3) is 2.77. The summed E-state index contributed by atoms with van der Waals surface area (Å²) in [7, 11) is 0. The van der Waals surface area contributed by atoms with Crippen LogP contribution in [0.1, 0.15) is 16.7 Å². The lowest BCUT2D eigenvalue weighted by Crippen LogP contribution is -2.01. The van der Waals surface area contributed by atoms with Crippen LogP contribution in [0.25, 0.3) is 0 Å². The minimum atomic E-state index is 0.472. The fourth-order valence-electron chi connectivity index (χ4n) is 1.74. The first kappa shape index (κ1) is 12.8. The zero-order chi connectivity index (χ0) is 13.1. The Morgan fingerprint density at radius 1 is 1.17 bits per heavy atom. The SMILES string of the molecule is Cc1ccc(Cl)c(OCc2cccc(N)c2C)c1. The Labute approximate surface area is 112 Å². The topological polar surface area (TPSA) is 35.2 Å². The molecule has 0 saturated heterocycles. The van der Waals surface area contributed by atoms with E-state index in [0.29, 0.717) is 17.4 Å². The second-order valence-corrected chi connectivity index (χ2v) is 4.76. The number of hydrogen-bond acceptors (Lipinski definition) is 2. The van der Waals surface area contributed by atoms with Gasteiger partial charge in [-0.25, -0.2) is 0 Å². The first-order chi connectivity index (χ1) is 8.58. The van der Waals surface area contributed by atoms with Gasteiger partial charge in [-0.15, -0.1) is 0 Å². The lowest BCUT2D eigenvalue weighted by molar-refractivity contribution is 0.305. The number of nitrogens with two attached hydrogens (primary N) is 1. The number of anilines is 1. The third-order valence-electron chi connectivity index (χ3n) is 2.96. The Morgan fingerprint density at radius 3 is 2.72 bits per heavy atom. The standard InChI is InChI=1S/C15H16ClNO/c1-10-6-7-13(16)15(8-10)18-9-12-4-3-5-14(17)11(12)2/h3-8H,9,17H2,1-2H3. The van der Waals surface area contributed by atoms with E-state index >= 15 is 0 Å². The van der Waals surface area contributed by atoms with Crippen molar-refractivity contribution < 1.29 is 4.74 Å². The van der Waals surface area contributed by atoms with E-state index in [4.69, 9.17) is 22.1 Å². The summed E-state index contributed by atoms with van der Waals surface area (Å²) in [5.41, 5.74) is 9.90. The van der Waals surface area contributed by atoms with E-state index in [1.54, 1.807) is 0 Å². The van der Waals surface area contributed by atoms with E-state index in [-0.39, 0.29) is 0 Å². The number of benzene rings is 2. The monoisotopic (exact) mass is 261 g/mol. The van der Waals surface area contributed by atoms with E-state index in [9.17, 15) is 0 Å². The van der Waals surface area contributed by atoms with Crippen molar-refractivity contribution in [3.8, 4) is 5.75 Å². The Bertz CT molecular complexity index is 564. The van der Waals surface area contributed by atoms with Gasteiger partial charge in [0.05, 0.1) is 5.02 Å². The smallest absolute Gasteiger partial charge is 0.138 e. The van der Waals surface area contributed by atoms with Gasteiger partial charge in [-0.05, 0) is 48.7 Å². The molecule has 2 aromatic rings. The third-order valence-corrected chi connectivity index (χ3v) is 3.27. The zero-order valence-electron chi connectivity index (χ0n) is 10.5. The number of halogens is 1. The van der Waals surface area contributed by atoms with Crippen molar-refractivity contribution in [2.75, 3.05) is 5.73 Å². The van der Waals surface area contributed by atoms with E-state index < -0.39 is 0 Å². The summed E-state index contributed by atoms with van der Waals surface area (Å²) in [6.45, 7) is 4.47. The van der Waals surface area contributed by atoms with Crippen LogP contribution in [0, 0.1) is 13.8 Å². The molecule has 0 heterocycles. The first-order valence-corrected chi connectivity index (χ1v) is 6.18. The van der Waals surface area contributed by atoms with Gasteiger partial charge in [0, 0.05) is 5.69 Å². The van der Waals surface area contributed by atoms with Crippen LogP contribution in [-0.4, -0.2) is 0 Å². The molecule has 0 aliphatic rings. The summed E-state index contributed by atoms with van der Waals surface area (Å²) < 4.78 is 5.75. The first-order valence-electron chi connectivity index (χ1n) is 5.81. The molecule has 0 atom stereocenters. The lowest BCUT2D eigenvalue weighted by Gasteiger charge is -2.11. The van der Waals surface area contributed by atoms with Gasteiger partial charge in [-0.3, -0.25) is 0 Å². The van der Waals surface area contributed by atoms with Crippen molar-refractivity contribution in [2.45, 2.75) is 20.5 Å². The van der Waals surface area contributed by atoms with Crippen LogP contribution in [0.4, 0.5) is 5.69 Å². The molecule has 2 aromatic carbocycles. The molecule has 94 valence electrons. The van der Waals surface area contributed by atoms with Crippen LogP contribution in [0.3, 0.4) is 0 Å². The molecular weight excluding hydrogens is 246 g/mol. The van der Waals surface area contributed by atoms with Gasteiger partial charge < -0.3 is 10.5 Å².